The second kappa shape index (κ2) is 6.36. The zero-order valence-electron chi connectivity index (χ0n) is 11.8. The smallest absolute Gasteiger partial charge is 0.240 e. The van der Waals surface area contributed by atoms with Gasteiger partial charge in [0.05, 0.1) is 9.23 Å². The average molecular weight is 345 g/mol. The third-order valence-electron chi connectivity index (χ3n) is 3.22. The summed E-state index contributed by atoms with van der Waals surface area (Å²) in [6.07, 6.45) is 0.608. The number of benzene rings is 1. The first kappa shape index (κ1) is 16.3. The zero-order chi connectivity index (χ0) is 15.6. The molecule has 1 aromatic carbocycles. The van der Waals surface area contributed by atoms with Crippen LogP contribution in [0.15, 0.2) is 29.2 Å². The van der Waals surface area contributed by atoms with Crippen molar-refractivity contribution in [1.82, 2.24) is 4.72 Å². The second-order valence-corrected chi connectivity index (χ2v) is 8.35. The molecule has 0 fully saturated rings. The van der Waals surface area contributed by atoms with Gasteiger partial charge in [-0.3, -0.25) is 0 Å². The topological polar surface area (TPSA) is 72.2 Å². The fourth-order valence-corrected chi connectivity index (χ4v) is 4.47. The van der Waals surface area contributed by atoms with Crippen LogP contribution in [0.2, 0.25) is 4.34 Å². The number of halogens is 1. The molecule has 0 saturated carbocycles. The first-order valence-electron chi connectivity index (χ1n) is 6.40. The molecule has 0 aliphatic heterocycles. The normalized spacial score (nSPS) is 11.8. The molecule has 0 spiro atoms. The molecule has 0 unspecified atom stereocenters. The van der Waals surface area contributed by atoms with E-state index >= 15 is 0 Å². The minimum atomic E-state index is -3.56. The fourth-order valence-electron chi connectivity index (χ4n) is 2.01. The van der Waals surface area contributed by atoms with Crippen molar-refractivity contribution in [2.75, 3.05) is 12.3 Å². The lowest BCUT2D eigenvalue weighted by Gasteiger charge is -2.12. The Morgan fingerprint density at radius 1 is 1.29 bits per heavy atom. The highest BCUT2D eigenvalue weighted by molar-refractivity contribution is 7.89. The van der Waals surface area contributed by atoms with E-state index in [1.54, 1.807) is 13.0 Å². The fraction of sp³-hybridized carbons (Fsp3) is 0.286. The van der Waals surface area contributed by atoms with Gasteiger partial charge >= 0.3 is 0 Å². The molecular weight excluding hydrogens is 328 g/mol. The number of rotatable bonds is 5. The zero-order valence-corrected chi connectivity index (χ0v) is 14.2. The maximum absolute atomic E-state index is 12.4. The molecule has 0 bridgehead atoms. The van der Waals surface area contributed by atoms with Gasteiger partial charge in [0.25, 0.3) is 0 Å². The molecule has 2 rings (SSSR count). The van der Waals surface area contributed by atoms with Gasteiger partial charge in [-0.1, -0.05) is 11.6 Å². The van der Waals surface area contributed by atoms with Crippen molar-refractivity contribution in [3.8, 4) is 0 Å². The minimum Gasteiger partial charge on any atom is -0.399 e. The van der Waals surface area contributed by atoms with Gasteiger partial charge in [-0.15, -0.1) is 11.3 Å². The van der Waals surface area contributed by atoms with Gasteiger partial charge in [-0.05, 0) is 55.7 Å². The van der Waals surface area contributed by atoms with Crippen LogP contribution < -0.4 is 10.5 Å². The van der Waals surface area contributed by atoms with E-state index < -0.39 is 10.0 Å². The minimum absolute atomic E-state index is 0.240. The van der Waals surface area contributed by atoms with Crippen LogP contribution in [0.5, 0.6) is 0 Å². The van der Waals surface area contributed by atoms with Crippen molar-refractivity contribution in [2.45, 2.75) is 25.2 Å². The highest BCUT2D eigenvalue weighted by Gasteiger charge is 2.18. The maximum Gasteiger partial charge on any atom is 0.240 e. The third kappa shape index (κ3) is 3.97. The first-order valence-corrected chi connectivity index (χ1v) is 9.08. The van der Waals surface area contributed by atoms with E-state index in [2.05, 4.69) is 4.72 Å². The molecule has 4 nitrogen and oxygen atoms in total. The van der Waals surface area contributed by atoms with E-state index in [4.69, 9.17) is 17.3 Å². The van der Waals surface area contributed by atoms with E-state index in [0.29, 0.717) is 23.0 Å². The predicted molar refractivity (Wildman–Crippen MR) is 88.5 cm³/mol. The third-order valence-corrected chi connectivity index (χ3v) is 6.10. The Hall–Kier alpha value is -1.08. The number of thiophene rings is 1. The molecule has 7 heteroatoms. The van der Waals surface area contributed by atoms with Crippen LogP contribution >= 0.6 is 22.9 Å². The van der Waals surface area contributed by atoms with E-state index in [-0.39, 0.29) is 4.90 Å². The van der Waals surface area contributed by atoms with Crippen LogP contribution in [0.1, 0.15) is 16.0 Å². The molecule has 0 aliphatic carbocycles. The van der Waals surface area contributed by atoms with Gasteiger partial charge in [-0.2, -0.15) is 0 Å². The van der Waals surface area contributed by atoms with Crippen LogP contribution in [0, 0.1) is 13.8 Å². The van der Waals surface area contributed by atoms with E-state index in [1.807, 2.05) is 19.1 Å². The predicted octanol–water partition coefficient (Wildman–Crippen LogP) is 3.12. The molecule has 3 N–H and O–H groups in total. The highest BCUT2D eigenvalue weighted by Crippen LogP contribution is 2.23. The molecular formula is C14H17ClN2O2S2. The van der Waals surface area contributed by atoms with Gasteiger partial charge in [0.2, 0.25) is 10.0 Å². The summed E-state index contributed by atoms with van der Waals surface area (Å²) in [5, 5.41) is 0. The Labute approximate surface area is 134 Å². The second-order valence-electron chi connectivity index (χ2n) is 4.81. The van der Waals surface area contributed by atoms with Gasteiger partial charge in [-0.25, -0.2) is 13.1 Å². The number of nitrogens with one attached hydrogen (secondary N) is 1. The summed E-state index contributed by atoms with van der Waals surface area (Å²) < 4.78 is 28.0. The van der Waals surface area contributed by atoms with Crippen molar-refractivity contribution in [3.05, 3.63) is 44.6 Å². The number of nitrogens with two attached hydrogens (primary N) is 1. The molecule has 21 heavy (non-hydrogen) atoms. The monoisotopic (exact) mass is 344 g/mol. The number of hydrogen-bond donors (Lipinski definition) is 2. The molecule has 1 aromatic heterocycles. The molecule has 0 atom stereocenters. The number of anilines is 1. The standard InChI is InChI=1S/C14H17ClN2O2S2/c1-9-7-11(16)8-13(10(9)2)21(18,19)17-6-5-12-3-4-14(15)20-12/h3-4,7-8,17H,5-6,16H2,1-2H3. The summed E-state index contributed by atoms with van der Waals surface area (Å²) in [5.41, 5.74) is 7.77. The molecule has 0 saturated heterocycles. The van der Waals surface area contributed by atoms with Gasteiger partial charge < -0.3 is 5.73 Å². The molecule has 0 amide bonds. The molecule has 114 valence electrons. The summed E-state index contributed by atoms with van der Waals surface area (Å²) in [6, 6.07) is 6.97. The summed E-state index contributed by atoms with van der Waals surface area (Å²) in [4.78, 5) is 1.28. The number of nitrogen functional groups attached to an aromatic ring is 1. The molecule has 2 aromatic rings. The molecule has 1 heterocycles. The van der Waals surface area contributed by atoms with Crippen LogP contribution in [0.4, 0.5) is 5.69 Å². The quantitative estimate of drug-likeness (QED) is 0.818. The molecule has 0 aliphatic rings. The average Bonchev–Trinajstić information content (AvgIpc) is 2.79. The van der Waals surface area contributed by atoms with Crippen molar-refractivity contribution in [3.63, 3.8) is 0 Å². The Balaban J connectivity index is 2.12. The first-order chi connectivity index (χ1) is 9.79. The van der Waals surface area contributed by atoms with E-state index in [1.165, 1.54) is 17.4 Å². The number of hydrogen-bond acceptors (Lipinski definition) is 4. The van der Waals surface area contributed by atoms with Crippen molar-refractivity contribution < 1.29 is 8.42 Å². The lowest BCUT2D eigenvalue weighted by Crippen LogP contribution is -2.26. The Morgan fingerprint density at radius 2 is 2.00 bits per heavy atom. The van der Waals surface area contributed by atoms with E-state index in [0.717, 1.165) is 16.0 Å². The van der Waals surface area contributed by atoms with Gasteiger partial charge in [0, 0.05) is 17.1 Å². The highest BCUT2D eigenvalue weighted by atomic mass is 35.5. The maximum atomic E-state index is 12.4. The van der Waals surface area contributed by atoms with Crippen molar-refractivity contribution >= 4 is 38.6 Å². The lowest BCUT2D eigenvalue weighted by molar-refractivity contribution is 0.581. The summed E-state index contributed by atoms with van der Waals surface area (Å²) in [5.74, 6) is 0. The lowest BCUT2D eigenvalue weighted by atomic mass is 10.1. The van der Waals surface area contributed by atoms with Crippen LogP contribution in [0.25, 0.3) is 0 Å². The number of sulfonamides is 1. The van der Waals surface area contributed by atoms with Gasteiger partial charge in [0.15, 0.2) is 0 Å². The summed E-state index contributed by atoms with van der Waals surface area (Å²) >= 11 is 7.30. The summed E-state index contributed by atoms with van der Waals surface area (Å²) in [7, 11) is -3.56. The summed E-state index contributed by atoms with van der Waals surface area (Å²) in [6.45, 7) is 3.95. The largest absolute Gasteiger partial charge is 0.399 e. The SMILES string of the molecule is Cc1cc(N)cc(S(=O)(=O)NCCc2ccc(Cl)s2)c1C. The molecule has 0 radical (unpaired) electrons. The van der Waals surface area contributed by atoms with Crippen LogP contribution in [-0.2, 0) is 16.4 Å². The Kier molecular flexibility index (Phi) is 4.93. The Bertz CT molecular complexity index is 754. The van der Waals surface area contributed by atoms with Crippen molar-refractivity contribution in [1.29, 1.82) is 0 Å². The van der Waals surface area contributed by atoms with E-state index in [9.17, 15) is 8.42 Å². The van der Waals surface area contributed by atoms with Crippen LogP contribution in [-0.4, -0.2) is 15.0 Å². The van der Waals surface area contributed by atoms with Crippen molar-refractivity contribution in [2.24, 2.45) is 0 Å². The van der Waals surface area contributed by atoms with Crippen LogP contribution in [0.3, 0.4) is 0 Å². The Morgan fingerprint density at radius 3 is 2.62 bits per heavy atom. The number of aryl methyl sites for hydroxylation is 1. The van der Waals surface area contributed by atoms with Gasteiger partial charge in [0.1, 0.15) is 0 Å².